The van der Waals surface area contributed by atoms with E-state index < -0.39 is 0 Å². The van der Waals surface area contributed by atoms with Gasteiger partial charge in [-0.3, -0.25) is 0 Å². The van der Waals surface area contributed by atoms with Crippen LogP contribution in [-0.4, -0.2) is 23.6 Å². The molecule has 124 valence electrons. The molecule has 2 N–H and O–H groups in total. The molecule has 24 heavy (non-hydrogen) atoms. The molecule has 6 heteroatoms. The fourth-order valence-electron chi connectivity index (χ4n) is 2.36. The van der Waals surface area contributed by atoms with Crippen molar-refractivity contribution in [2.75, 3.05) is 24.3 Å². The minimum Gasteiger partial charge on any atom is -0.496 e. The largest absolute Gasteiger partial charge is 0.496 e. The van der Waals surface area contributed by atoms with Crippen molar-refractivity contribution in [2.45, 2.75) is 13.0 Å². The van der Waals surface area contributed by atoms with Gasteiger partial charge in [-0.25, -0.2) is 4.98 Å². The zero-order valence-corrected chi connectivity index (χ0v) is 13.5. The van der Waals surface area contributed by atoms with Crippen LogP contribution in [0.3, 0.4) is 0 Å². The molecule has 0 radical (unpaired) electrons. The molecule has 0 aliphatic rings. The highest BCUT2D eigenvalue weighted by Crippen LogP contribution is 2.17. The van der Waals surface area contributed by atoms with Crippen molar-refractivity contribution >= 4 is 11.8 Å². The molecule has 0 atom stereocenters. The van der Waals surface area contributed by atoms with E-state index in [0.29, 0.717) is 12.5 Å². The van der Waals surface area contributed by atoms with Crippen LogP contribution in [0.2, 0.25) is 0 Å². The lowest BCUT2D eigenvalue weighted by atomic mass is 10.1. The van der Waals surface area contributed by atoms with E-state index in [1.807, 2.05) is 36.4 Å². The van der Waals surface area contributed by atoms with Crippen molar-refractivity contribution in [1.82, 2.24) is 9.97 Å². The Morgan fingerprint density at radius 2 is 2.00 bits per heavy atom. The van der Waals surface area contributed by atoms with Gasteiger partial charge < -0.3 is 19.8 Å². The Morgan fingerprint density at radius 3 is 2.83 bits per heavy atom. The number of nitrogens with zero attached hydrogens (tertiary/aromatic N) is 2. The van der Waals surface area contributed by atoms with E-state index in [0.717, 1.165) is 35.9 Å². The van der Waals surface area contributed by atoms with Gasteiger partial charge in [0.05, 0.1) is 19.9 Å². The van der Waals surface area contributed by atoms with E-state index >= 15 is 0 Å². The molecule has 2 heterocycles. The summed E-state index contributed by atoms with van der Waals surface area (Å²) >= 11 is 0. The maximum absolute atomic E-state index is 5.36. The molecule has 0 bridgehead atoms. The number of benzene rings is 1. The van der Waals surface area contributed by atoms with Crippen LogP contribution in [-0.2, 0) is 13.0 Å². The second-order valence-electron chi connectivity index (χ2n) is 5.19. The lowest BCUT2D eigenvalue weighted by Crippen LogP contribution is -2.09. The van der Waals surface area contributed by atoms with E-state index in [2.05, 4.69) is 26.7 Å². The Hall–Kier alpha value is -3.02. The van der Waals surface area contributed by atoms with Crippen molar-refractivity contribution < 1.29 is 9.15 Å². The van der Waals surface area contributed by atoms with E-state index in [1.54, 1.807) is 19.6 Å². The molecule has 0 saturated carbocycles. The van der Waals surface area contributed by atoms with Gasteiger partial charge in [-0.1, -0.05) is 18.2 Å². The molecule has 0 saturated heterocycles. The molecule has 0 unspecified atom stereocenters. The SMILES string of the molecule is COc1ccccc1CCNc1ccnc(NCc2ccco2)n1. The molecule has 0 aliphatic carbocycles. The number of anilines is 2. The molecule has 6 nitrogen and oxygen atoms in total. The second-order valence-corrected chi connectivity index (χ2v) is 5.19. The second kappa shape index (κ2) is 8.01. The van der Waals surface area contributed by atoms with Gasteiger partial charge in [0, 0.05) is 12.7 Å². The van der Waals surface area contributed by atoms with Crippen LogP contribution in [0.1, 0.15) is 11.3 Å². The topological polar surface area (TPSA) is 72.2 Å². The van der Waals surface area contributed by atoms with Crippen molar-refractivity contribution in [1.29, 1.82) is 0 Å². The highest BCUT2D eigenvalue weighted by atomic mass is 16.5. The third-order valence-corrected chi connectivity index (χ3v) is 3.55. The molecular weight excluding hydrogens is 304 g/mol. The molecule has 2 aromatic heterocycles. The van der Waals surface area contributed by atoms with E-state index in [-0.39, 0.29) is 0 Å². The third-order valence-electron chi connectivity index (χ3n) is 3.55. The number of aromatic nitrogens is 2. The predicted octanol–water partition coefficient (Wildman–Crippen LogP) is 3.34. The first-order chi connectivity index (χ1) is 11.8. The maximum atomic E-state index is 5.36. The molecule has 3 rings (SSSR count). The average Bonchev–Trinajstić information content (AvgIpc) is 3.14. The van der Waals surface area contributed by atoms with Gasteiger partial charge in [0.1, 0.15) is 17.3 Å². The van der Waals surface area contributed by atoms with Gasteiger partial charge >= 0.3 is 0 Å². The fourth-order valence-corrected chi connectivity index (χ4v) is 2.36. The van der Waals surface area contributed by atoms with Crippen LogP contribution in [0.5, 0.6) is 5.75 Å². The van der Waals surface area contributed by atoms with Crippen molar-refractivity contribution in [3.63, 3.8) is 0 Å². The average molecular weight is 324 g/mol. The first kappa shape index (κ1) is 15.9. The van der Waals surface area contributed by atoms with Gasteiger partial charge in [-0.2, -0.15) is 4.98 Å². The van der Waals surface area contributed by atoms with Gasteiger partial charge in [-0.15, -0.1) is 0 Å². The lowest BCUT2D eigenvalue weighted by molar-refractivity contribution is 0.410. The molecule has 0 amide bonds. The van der Waals surface area contributed by atoms with Gasteiger partial charge in [0.2, 0.25) is 5.95 Å². The zero-order chi connectivity index (χ0) is 16.6. The molecular formula is C18H20N4O2. The van der Waals surface area contributed by atoms with E-state index in [9.17, 15) is 0 Å². The molecule has 1 aromatic carbocycles. The Balaban J connectivity index is 1.53. The molecule has 3 aromatic rings. The standard InChI is InChI=1S/C18H20N4O2/c1-23-16-7-3-2-5-14(16)8-10-19-17-9-11-20-18(22-17)21-13-15-6-4-12-24-15/h2-7,9,11-12H,8,10,13H2,1H3,(H2,19,20,21,22). The summed E-state index contributed by atoms with van der Waals surface area (Å²) < 4.78 is 10.6. The Kier molecular flexibility index (Phi) is 5.29. The van der Waals surface area contributed by atoms with Crippen LogP contribution in [0.15, 0.2) is 59.3 Å². The van der Waals surface area contributed by atoms with Crippen LogP contribution in [0.25, 0.3) is 0 Å². The Labute approximate surface area is 140 Å². The summed E-state index contributed by atoms with van der Waals surface area (Å²) in [6.45, 7) is 1.31. The van der Waals surface area contributed by atoms with Crippen LogP contribution < -0.4 is 15.4 Å². The maximum Gasteiger partial charge on any atom is 0.224 e. The molecule has 0 spiro atoms. The zero-order valence-electron chi connectivity index (χ0n) is 13.5. The lowest BCUT2D eigenvalue weighted by Gasteiger charge is -2.10. The third kappa shape index (κ3) is 4.25. The van der Waals surface area contributed by atoms with Gasteiger partial charge in [0.15, 0.2) is 0 Å². The van der Waals surface area contributed by atoms with Crippen LogP contribution >= 0.6 is 0 Å². The first-order valence-corrected chi connectivity index (χ1v) is 7.80. The van der Waals surface area contributed by atoms with Crippen molar-refractivity contribution in [3.05, 3.63) is 66.2 Å². The van der Waals surface area contributed by atoms with Crippen molar-refractivity contribution in [2.24, 2.45) is 0 Å². The molecule has 0 aliphatic heterocycles. The Bertz CT molecular complexity index is 759. The summed E-state index contributed by atoms with van der Waals surface area (Å²) in [5, 5.41) is 6.45. The number of hydrogen-bond donors (Lipinski definition) is 2. The number of ether oxygens (including phenoxy) is 1. The van der Waals surface area contributed by atoms with Crippen LogP contribution in [0, 0.1) is 0 Å². The normalized spacial score (nSPS) is 10.4. The Morgan fingerprint density at radius 1 is 1.08 bits per heavy atom. The number of hydrogen-bond acceptors (Lipinski definition) is 6. The monoisotopic (exact) mass is 324 g/mol. The quantitative estimate of drug-likeness (QED) is 0.662. The smallest absolute Gasteiger partial charge is 0.224 e. The minimum atomic E-state index is 0.553. The highest BCUT2D eigenvalue weighted by Gasteiger charge is 2.03. The summed E-state index contributed by atoms with van der Waals surface area (Å²) in [5.41, 5.74) is 1.16. The van der Waals surface area contributed by atoms with Crippen molar-refractivity contribution in [3.8, 4) is 5.75 Å². The number of methoxy groups -OCH3 is 1. The number of furan rings is 1. The first-order valence-electron chi connectivity index (χ1n) is 7.80. The summed E-state index contributed by atoms with van der Waals surface area (Å²) in [6, 6.07) is 13.6. The number of para-hydroxylation sites is 1. The summed E-state index contributed by atoms with van der Waals surface area (Å²) in [7, 11) is 1.69. The summed E-state index contributed by atoms with van der Waals surface area (Å²) in [6.07, 6.45) is 4.22. The number of nitrogens with one attached hydrogen (secondary N) is 2. The van der Waals surface area contributed by atoms with Gasteiger partial charge in [-0.05, 0) is 36.2 Å². The number of rotatable bonds is 8. The highest BCUT2D eigenvalue weighted by molar-refractivity contribution is 5.40. The fraction of sp³-hybridized carbons (Fsp3) is 0.222. The van der Waals surface area contributed by atoms with Gasteiger partial charge in [0.25, 0.3) is 0 Å². The predicted molar refractivity (Wildman–Crippen MR) is 93.3 cm³/mol. The van der Waals surface area contributed by atoms with E-state index in [4.69, 9.17) is 9.15 Å². The van der Waals surface area contributed by atoms with Crippen LogP contribution in [0.4, 0.5) is 11.8 Å². The van der Waals surface area contributed by atoms with E-state index in [1.165, 1.54) is 0 Å². The summed E-state index contributed by atoms with van der Waals surface area (Å²) in [4.78, 5) is 8.65. The summed E-state index contributed by atoms with van der Waals surface area (Å²) in [5.74, 6) is 3.09. The minimum absolute atomic E-state index is 0.553. The molecule has 0 fully saturated rings.